The van der Waals surface area contributed by atoms with Gasteiger partial charge in [0.25, 0.3) is 0 Å². The van der Waals surface area contributed by atoms with Crippen molar-refractivity contribution in [3.05, 3.63) is 34.9 Å². The third-order valence-electron chi connectivity index (χ3n) is 4.10. The molecule has 1 unspecified atom stereocenters. The number of piperidine rings is 1. The Kier molecular flexibility index (Phi) is 6.30. The number of halogens is 1. The van der Waals surface area contributed by atoms with Gasteiger partial charge >= 0.3 is 0 Å². The molecule has 0 aromatic heterocycles. The highest BCUT2D eigenvalue weighted by molar-refractivity contribution is 6.30. The average molecular weight is 297 g/mol. The normalized spacial score (nSPS) is 18.4. The molecule has 0 bridgehead atoms. The lowest BCUT2D eigenvalue weighted by Crippen LogP contribution is -2.34. The number of hydrogen-bond acceptors (Lipinski definition) is 3. The lowest BCUT2D eigenvalue weighted by atomic mass is 10.1. The fraction of sp³-hybridized carbons (Fsp3) is 0.625. The van der Waals surface area contributed by atoms with E-state index in [1.807, 2.05) is 12.1 Å². The minimum absolute atomic E-state index is 0.379. The van der Waals surface area contributed by atoms with Gasteiger partial charge in [-0.15, -0.1) is 0 Å². The quantitative estimate of drug-likeness (QED) is 0.873. The van der Waals surface area contributed by atoms with Crippen molar-refractivity contribution < 1.29 is 4.74 Å². The minimum Gasteiger partial charge on any atom is -0.377 e. The molecule has 1 heterocycles. The van der Waals surface area contributed by atoms with Gasteiger partial charge in [-0.05, 0) is 57.6 Å². The standard InChI is InChI=1S/C16H25ClN2O/c1-13(14-3-5-15(17)6-4-14)19(2)11-12-20-16-7-9-18-10-8-16/h3-6,13,16,18H,7-12H2,1-2H3. The van der Waals surface area contributed by atoms with E-state index in [1.54, 1.807) is 0 Å². The molecule has 112 valence electrons. The highest BCUT2D eigenvalue weighted by Crippen LogP contribution is 2.20. The molecule has 1 fully saturated rings. The summed E-state index contributed by atoms with van der Waals surface area (Å²) in [7, 11) is 2.14. The molecule has 1 aliphatic heterocycles. The molecule has 0 saturated carbocycles. The molecule has 2 rings (SSSR count). The summed E-state index contributed by atoms with van der Waals surface area (Å²) >= 11 is 5.93. The van der Waals surface area contributed by atoms with Crippen LogP contribution in [0, 0.1) is 0 Å². The van der Waals surface area contributed by atoms with Crippen molar-refractivity contribution >= 4 is 11.6 Å². The Morgan fingerprint density at radius 1 is 1.30 bits per heavy atom. The third kappa shape index (κ3) is 4.74. The van der Waals surface area contributed by atoms with Gasteiger partial charge in [-0.1, -0.05) is 23.7 Å². The number of benzene rings is 1. The monoisotopic (exact) mass is 296 g/mol. The zero-order valence-corrected chi connectivity index (χ0v) is 13.2. The third-order valence-corrected chi connectivity index (χ3v) is 4.35. The van der Waals surface area contributed by atoms with Crippen molar-refractivity contribution in [1.29, 1.82) is 0 Å². The van der Waals surface area contributed by atoms with Gasteiger partial charge in [-0.2, -0.15) is 0 Å². The Morgan fingerprint density at radius 2 is 1.95 bits per heavy atom. The van der Waals surface area contributed by atoms with E-state index in [4.69, 9.17) is 16.3 Å². The molecule has 20 heavy (non-hydrogen) atoms. The molecule has 0 spiro atoms. The topological polar surface area (TPSA) is 24.5 Å². The molecule has 1 atom stereocenters. The molecule has 1 aromatic rings. The summed E-state index contributed by atoms with van der Waals surface area (Å²) in [5, 5.41) is 4.15. The summed E-state index contributed by atoms with van der Waals surface area (Å²) in [6.45, 7) is 6.14. The van der Waals surface area contributed by atoms with Gasteiger partial charge in [0.15, 0.2) is 0 Å². The van der Waals surface area contributed by atoms with Gasteiger partial charge in [0, 0.05) is 17.6 Å². The number of rotatable bonds is 6. The highest BCUT2D eigenvalue weighted by atomic mass is 35.5. The van der Waals surface area contributed by atoms with Crippen molar-refractivity contribution in [3.8, 4) is 0 Å². The predicted octanol–water partition coefficient (Wildman–Crippen LogP) is 3.10. The first-order chi connectivity index (χ1) is 9.66. The predicted molar refractivity (Wildman–Crippen MR) is 84.3 cm³/mol. The Labute approximate surface area is 127 Å². The molecule has 1 saturated heterocycles. The number of hydrogen-bond donors (Lipinski definition) is 1. The first-order valence-electron chi connectivity index (χ1n) is 7.45. The number of likely N-dealkylation sites (N-methyl/N-ethyl adjacent to an activating group) is 1. The van der Waals surface area contributed by atoms with E-state index in [1.165, 1.54) is 5.56 Å². The van der Waals surface area contributed by atoms with Gasteiger partial charge in [-0.3, -0.25) is 4.90 Å². The Hall–Kier alpha value is -0.610. The van der Waals surface area contributed by atoms with Crippen molar-refractivity contribution in [1.82, 2.24) is 10.2 Å². The Bertz CT molecular complexity index is 390. The first kappa shape index (κ1) is 15.8. The Balaban J connectivity index is 1.73. The zero-order valence-electron chi connectivity index (χ0n) is 12.4. The van der Waals surface area contributed by atoms with Crippen LogP contribution in [0.4, 0.5) is 0 Å². The molecule has 3 nitrogen and oxygen atoms in total. The fourth-order valence-corrected chi connectivity index (χ4v) is 2.64. The summed E-state index contributed by atoms with van der Waals surface area (Å²) in [6.07, 6.45) is 2.71. The van der Waals surface area contributed by atoms with Crippen LogP contribution in [0.2, 0.25) is 5.02 Å². The van der Waals surface area contributed by atoms with Crippen molar-refractivity contribution in [3.63, 3.8) is 0 Å². The Morgan fingerprint density at radius 3 is 2.60 bits per heavy atom. The maximum atomic E-state index is 5.96. The maximum absolute atomic E-state index is 5.96. The van der Waals surface area contributed by atoms with Crippen LogP contribution >= 0.6 is 11.6 Å². The second kappa shape index (κ2) is 7.99. The van der Waals surface area contributed by atoms with E-state index in [-0.39, 0.29) is 0 Å². The molecule has 0 aliphatic carbocycles. The van der Waals surface area contributed by atoms with Gasteiger partial charge in [0.1, 0.15) is 0 Å². The van der Waals surface area contributed by atoms with Crippen LogP contribution in [0.25, 0.3) is 0 Å². The lowest BCUT2D eigenvalue weighted by molar-refractivity contribution is 0.0190. The van der Waals surface area contributed by atoms with Gasteiger partial charge in [-0.25, -0.2) is 0 Å². The van der Waals surface area contributed by atoms with Gasteiger partial charge < -0.3 is 10.1 Å². The molecular weight excluding hydrogens is 272 g/mol. The first-order valence-corrected chi connectivity index (χ1v) is 7.82. The summed E-state index contributed by atoms with van der Waals surface area (Å²) in [5.74, 6) is 0. The van der Waals surface area contributed by atoms with E-state index in [9.17, 15) is 0 Å². The van der Waals surface area contributed by atoms with Gasteiger partial charge in [0.2, 0.25) is 0 Å². The van der Waals surface area contributed by atoms with Crippen LogP contribution in [-0.4, -0.2) is 44.3 Å². The number of nitrogens with zero attached hydrogens (tertiary/aromatic N) is 1. The van der Waals surface area contributed by atoms with E-state index in [2.05, 4.69) is 36.3 Å². The van der Waals surface area contributed by atoms with Crippen molar-refractivity contribution in [2.45, 2.75) is 31.9 Å². The zero-order chi connectivity index (χ0) is 14.4. The van der Waals surface area contributed by atoms with Crippen LogP contribution in [0.5, 0.6) is 0 Å². The van der Waals surface area contributed by atoms with Gasteiger partial charge in [0.05, 0.1) is 12.7 Å². The number of ether oxygens (including phenoxy) is 1. The second-order valence-corrected chi connectivity index (χ2v) is 5.96. The van der Waals surface area contributed by atoms with E-state index in [0.29, 0.717) is 12.1 Å². The SMILES string of the molecule is CC(c1ccc(Cl)cc1)N(C)CCOC1CCNCC1. The van der Waals surface area contributed by atoms with Crippen LogP contribution < -0.4 is 5.32 Å². The molecule has 4 heteroatoms. The second-order valence-electron chi connectivity index (χ2n) is 5.53. The van der Waals surface area contributed by atoms with Crippen LogP contribution in [0.15, 0.2) is 24.3 Å². The van der Waals surface area contributed by atoms with Crippen molar-refractivity contribution in [2.75, 3.05) is 33.3 Å². The molecule has 1 aromatic carbocycles. The highest BCUT2D eigenvalue weighted by Gasteiger charge is 2.15. The molecular formula is C16H25ClN2O. The van der Waals surface area contributed by atoms with Crippen LogP contribution in [0.3, 0.4) is 0 Å². The summed E-state index contributed by atoms with van der Waals surface area (Å²) in [6, 6.07) is 8.47. The summed E-state index contributed by atoms with van der Waals surface area (Å²) < 4.78 is 5.96. The minimum atomic E-state index is 0.379. The smallest absolute Gasteiger partial charge is 0.0600 e. The molecule has 0 amide bonds. The largest absolute Gasteiger partial charge is 0.377 e. The van der Waals surface area contributed by atoms with Crippen molar-refractivity contribution in [2.24, 2.45) is 0 Å². The van der Waals surface area contributed by atoms with E-state index in [0.717, 1.165) is 44.1 Å². The number of nitrogens with one attached hydrogen (secondary N) is 1. The summed E-state index contributed by atoms with van der Waals surface area (Å²) in [5.41, 5.74) is 1.29. The lowest BCUT2D eigenvalue weighted by Gasteiger charge is -2.27. The molecule has 1 aliphatic rings. The molecule has 1 N–H and O–H groups in total. The van der Waals surface area contributed by atoms with E-state index < -0.39 is 0 Å². The average Bonchev–Trinajstić information content (AvgIpc) is 2.48. The van der Waals surface area contributed by atoms with E-state index >= 15 is 0 Å². The summed E-state index contributed by atoms with van der Waals surface area (Å²) in [4.78, 5) is 2.32. The van der Waals surface area contributed by atoms with Crippen LogP contribution in [-0.2, 0) is 4.74 Å². The maximum Gasteiger partial charge on any atom is 0.0600 e. The molecule has 0 radical (unpaired) electrons. The fourth-order valence-electron chi connectivity index (χ4n) is 2.51. The van der Waals surface area contributed by atoms with Crippen LogP contribution in [0.1, 0.15) is 31.4 Å².